The van der Waals surface area contributed by atoms with Crippen LogP contribution in [0.5, 0.6) is 0 Å². The first-order chi connectivity index (χ1) is 11.2. The van der Waals surface area contributed by atoms with Crippen molar-refractivity contribution in [3.05, 3.63) is 42.2 Å². The largest absolute Gasteiger partial charge is 0.388 e. The first kappa shape index (κ1) is 15.7. The third kappa shape index (κ3) is 3.76. The van der Waals surface area contributed by atoms with Gasteiger partial charge in [-0.2, -0.15) is 0 Å². The lowest BCUT2D eigenvalue weighted by Crippen LogP contribution is -2.42. The number of rotatable bonds is 4. The summed E-state index contributed by atoms with van der Waals surface area (Å²) in [6.07, 6.45) is 9.12. The van der Waals surface area contributed by atoms with Crippen molar-refractivity contribution >= 4 is 5.91 Å². The molecular weight excluding hydrogens is 292 g/mol. The number of aromatic nitrogens is 3. The number of carbonyl (C=O) groups is 1. The summed E-state index contributed by atoms with van der Waals surface area (Å²) in [5.74, 6) is -0.200. The molecule has 2 N–H and O–H groups in total. The molecule has 1 fully saturated rings. The maximum Gasteiger partial charge on any atom is 0.253 e. The smallest absolute Gasteiger partial charge is 0.253 e. The van der Waals surface area contributed by atoms with Crippen molar-refractivity contribution in [1.82, 2.24) is 20.3 Å². The van der Waals surface area contributed by atoms with E-state index in [1.165, 1.54) is 0 Å². The van der Waals surface area contributed by atoms with E-state index in [2.05, 4.69) is 15.6 Å². The molecule has 1 aliphatic rings. The molecule has 3 rings (SSSR count). The van der Waals surface area contributed by atoms with Crippen LogP contribution in [0.3, 0.4) is 0 Å². The molecule has 6 heteroatoms. The first-order valence-corrected chi connectivity index (χ1v) is 8.14. The van der Waals surface area contributed by atoms with Crippen molar-refractivity contribution in [3.63, 3.8) is 0 Å². The molecule has 0 aliphatic heterocycles. The maximum atomic E-state index is 12.5. The standard InChI is InChI=1S/C17H22N4O2/c22-16(18-13-17(23)9-5-1-2-6-10-17)14-7-3-4-8-15(14)21-12-11-19-20-21/h3-4,7-8,11-12,23H,1-2,5-6,9-10,13H2,(H,18,22). The van der Waals surface area contributed by atoms with Crippen LogP contribution in [0.1, 0.15) is 48.9 Å². The van der Waals surface area contributed by atoms with Crippen LogP contribution in [0, 0.1) is 0 Å². The van der Waals surface area contributed by atoms with Crippen LogP contribution in [0.25, 0.3) is 5.69 Å². The Morgan fingerprint density at radius 1 is 1.22 bits per heavy atom. The molecule has 23 heavy (non-hydrogen) atoms. The summed E-state index contributed by atoms with van der Waals surface area (Å²) in [4.78, 5) is 12.5. The Morgan fingerprint density at radius 2 is 1.96 bits per heavy atom. The zero-order valence-corrected chi connectivity index (χ0v) is 13.1. The molecule has 1 heterocycles. The van der Waals surface area contributed by atoms with E-state index in [9.17, 15) is 9.90 Å². The monoisotopic (exact) mass is 314 g/mol. The quantitative estimate of drug-likeness (QED) is 0.847. The van der Waals surface area contributed by atoms with E-state index in [4.69, 9.17) is 0 Å². The molecule has 0 saturated heterocycles. The van der Waals surface area contributed by atoms with Crippen molar-refractivity contribution < 1.29 is 9.90 Å². The number of nitrogens with one attached hydrogen (secondary N) is 1. The Kier molecular flexibility index (Phi) is 4.71. The lowest BCUT2D eigenvalue weighted by Gasteiger charge is -2.27. The minimum absolute atomic E-state index is 0.200. The van der Waals surface area contributed by atoms with Crippen LogP contribution in [0.4, 0.5) is 0 Å². The molecule has 0 bridgehead atoms. The highest BCUT2D eigenvalue weighted by Gasteiger charge is 2.28. The molecular formula is C17H22N4O2. The Balaban J connectivity index is 1.71. The second kappa shape index (κ2) is 6.91. The SMILES string of the molecule is O=C(NCC1(O)CCCCCC1)c1ccccc1-n1ccnn1. The van der Waals surface area contributed by atoms with Crippen LogP contribution in [-0.4, -0.2) is 38.2 Å². The summed E-state index contributed by atoms with van der Waals surface area (Å²) < 4.78 is 1.56. The predicted octanol–water partition coefficient (Wildman–Crippen LogP) is 2.08. The van der Waals surface area contributed by atoms with E-state index >= 15 is 0 Å². The minimum Gasteiger partial charge on any atom is -0.388 e. The van der Waals surface area contributed by atoms with Gasteiger partial charge in [0.05, 0.1) is 29.2 Å². The van der Waals surface area contributed by atoms with Gasteiger partial charge in [0.25, 0.3) is 5.91 Å². The Hall–Kier alpha value is -2.21. The van der Waals surface area contributed by atoms with Gasteiger partial charge in [-0.1, -0.05) is 43.0 Å². The highest BCUT2D eigenvalue weighted by Crippen LogP contribution is 2.26. The van der Waals surface area contributed by atoms with Crippen LogP contribution in [0.2, 0.25) is 0 Å². The van der Waals surface area contributed by atoms with E-state index in [0.717, 1.165) is 38.5 Å². The number of carbonyl (C=O) groups excluding carboxylic acids is 1. The van der Waals surface area contributed by atoms with Crippen molar-refractivity contribution in [2.45, 2.75) is 44.1 Å². The van der Waals surface area contributed by atoms with Gasteiger partial charge in [0.2, 0.25) is 0 Å². The summed E-state index contributed by atoms with van der Waals surface area (Å²) in [5, 5.41) is 21.3. The van der Waals surface area contributed by atoms with Gasteiger partial charge in [0.15, 0.2) is 0 Å². The zero-order valence-electron chi connectivity index (χ0n) is 13.1. The molecule has 1 aromatic carbocycles. The number of benzene rings is 1. The number of para-hydroxylation sites is 1. The van der Waals surface area contributed by atoms with E-state index in [0.29, 0.717) is 11.3 Å². The molecule has 1 amide bonds. The molecule has 6 nitrogen and oxygen atoms in total. The molecule has 1 saturated carbocycles. The fourth-order valence-corrected chi connectivity index (χ4v) is 3.11. The highest BCUT2D eigenvalue weighted by molar-refractivity contribution is 5.97. The fraction of sp³-hybridized carbons (Fsp3) is 0.471. The second-order valence-corrected chi connectivity index (χ2v) is 6.19. The maximum absolute atomic E-state index is 12.5. The van der Waals surface area contributed by atoms with E-state index in [1.54, 1.807) is 23.1 Å². The molecule has 1 aliphatic carbocycles. The van der Waals surface area contributed by atoms with Crippen molar-refractivity contribution in [3.8, 4) is 5.69 Å². The molecule has 2 aromatic rings. The van der Waals surface area contributed by atoms with Gasteiger partial charge in [-0.05, 0) is 25.0 Å². The molecule has 0 radical (unpaired) electrons. The lowest BCUT2D eigenvalue weighted by molar-refractivity contribution is 0.0246. The normalized spacial score (nSPS) is 17.4. The van der Waals surface area contributed by atoms with Gasteiger partial charge in [-0.25, -0.2) is 4.68 Å². The lowest BCUT2D eigenvalue weighted by atomic mass is 9.94. The van der Waals surface area contributed by atoms with Crippen molar-refractivity contribution in [2.75, 3.05) is 6.54 Å². The van der Waals surface area contributed by atoms with E-state index in [1.807, 2.05) is 18.2 Å². The zero-order chi connectivity index (χ0) is 16.1. The van der Waals surface area contributed by atoms with E-state index < -0.39 is 5.60 Å². The average Bonchev–Trinajstić information content (AvgIpc) is 3.02. The number of amides is 1. The van der Waals surface area contributed by atoms with Crippen molar-refractivity contribution in [2.24, 2.45) is 0 Å². The van der Waals surface area contributed by atoms with Crippen LogP contribution >= 0.6 is 0 Å². The number of aliphatic hydroxyl groups is 1. The minimum atomic E-state index is -0.783. The summed E-state index contributed by atoms with van der Waals surface area (Å²) in [6.45, 7) is 0.289. The molecule has 0 atom stereocenters. The van der Waals surface area contributed by atoms with Crippen LogP contribution in [0.15, 0.2) is 36.7 Å². The predicted molar refractivity (Wildman–Crippen MR) is 86.3 cm³/mol. The Morgan fingerprint density at radius 3 is 2.65 bits per heavy atom. The molecule has 0 unspecified atom stereocenters. The highest BCUT2D eigenvalue weighted by atomic mass is 16.3. The third-order valence-electron chi connectivity index (χ3n) is 4.43. The summed E-state index contributed by atoms with van der Waals surface area (Å²) in [7, 11) is 0. The summed E-state index contributed by atoms with van der Waals surface area (Å²) >= 11 is 0. The summed E-state index contributed by atoms with van der Waals surface area (Å²) in [5.41, 5.74) is 0.416. The number of hydrogen-bond acceptors (Lipinski definition) is 4. The van der Waals surface area contributed by atoms with Crippen LogP contribution in [-0.2, 0) is 0 Å². The second-order valence-electron chi connectivity index (χ2n) is 6.19. The Labute approximate surface area is 135 Å². The third-order valence-corrected chi connectivity index (χ3v) is 4.43. The van der Waals surface area contributed by atoms with Crippen molar-refractivity contribution in [1.29, 1.82) is 0 Å². The van der Waals surface area contributed by atoms with Crippen LogP contribution < -0.4 is 5.32 Å². The van der Waals surface area contributed by atoms with Gasteiger partial charge in [-0.15, -0.1) is 5.10 Å². The topological polar surface area (TPSA) is 80.0 Å². The van der Waals surface area contributed by atoms with E-state index in [-0.39, 0.29) is 12.5 Å². The van der Waals surface area contributed by atoms with Gasteiger partial charge in [-0.3, -0.25) is 4.79 Å². The van der Waals surface area contributed by atoms with Gasteiger partial charge >= 0.3 is 0 Å². The number of nitrogens with zero attached hydrogens (tertiary/aromatic N) is 3. The Bertz CT molecular complexity index is 646. The summed E-state index contributed by atoms with van der Waals surface area (Å²) in [6, 6.07) is 7.25. The number of hydrogen-bond donors (Lipinski definition) is 2. The molecule has 122 valence electrons. The van der Waals surface area contributed by atoms with Gasteiger partial charge in [0.1, 0.15) is 0 Å². The molecule has 1 aromatic heterocycles. The van der Waals surface area contributed by atoms with Gasteiger partial charge in [0, 0.05) is 6.54 Å². The van der Waals surface area contributed by atoms with Gasteiger partial charge < -0.3 is 10.4 Å². The fourth-order valence-electron chi connectivity index (χ4n) is 3.11. The first-order valence-electron chi connectivity index (χ1n) is 8.14. The average molecular weight is 314 g/mol. The molecule has 0 spiro atoms.